The summed E-state index contributed by atoms with van der Waals surface area (Å²) < 4.78 is 18.7. The maximum atomic E-state index is 13.7. The normalized spacial score (nSPS) is 11.2. The third kappa shape index (κ3) is 3.60. The summed E-state index contributed by atoms with van der Waals surface area (Å²) in [5.74, 6) is -0.468. The first-order chi connectivity index (χ1) is 8.41. The van der Waals surface area contributed by atoms with Gasteiger partial charge in [0, 0.05) is 11.4 Å². The first-order valence-electron chi connectivity index (χ1n) is 5.62. The molecular formula is C13H17ClFNO2. The molecule has 0 aliphatic rings. The maximum Gasteiger partial charge on any atom is 0.258 e. The van der Waals surface area contributed by atoms with Gasteiger partial charge in [0.05, 0.1) is 7.11 Å². The Kier molecular flexibility index (Phi) is 4.96. The van der Waals surface area contributed by atoms with Crippen molar-refractivity contribution < 1.29 is 13.9 Å². The molecule has 0 heterocycles. The number of hydrogen-bond acceptors (Lipinski definition) is 2. The average molecular weight is 274 g/mol. The second kappa shape index (κ2) is 6.05. The Balaban J connectivity index is 2.97. The second-order valence-corrected chi connectivity index (χ2v) is 4.97. The molecule has 0 radical (unpaired) electrons. The van der Waals surface area contributed by atoms with E-state index in [9.17, 15) is 9.18 Å². The number of carbonyl (C=O) groups is 1. The van der Waals surface area contributed by atoms with Gasteiger partial charge >= 0.3 is 0 Å². The maximum absolute atomic E-state index is 13.7. The topological polar surface area (TPSA) is 38.3 Å². The highest BCUT2D eigenvalue weighted by molar-refractivity contribution is 6.17. The number of rotatable bonds is 5. The van der Waals surface area contributed by atoms with Crippen molar-refractivity contribution in [3.8, 4) is 5.75 Å². The summed E-state index contributed by atoms with van der Waals surface area (Å²) in [5.41, 5.74) is -0.575. The molecule has 18 heavy (non-hydrogen) atoms. The number of alkyl halides is 1. The van der Waals surface area contributed by atoms with Gasteiger partial charge < -0.3 is 10.1 Å². The summed E-state index contributed by atoms with van der Waals surface area (Å²) in [6.07, 6.45) is 0.594. The number of methoxy groups -OCH3 is 1. The van der Waals surface area contributed by atoms with Gasteiger partial charge in [-0.3, -0.25) is 4.79 Å². The van der Waals surface area contributed by atoms with Crippen LogP contribution in [-0.2, 0) is 0 Å². The Labute approximate surface area is 111 Å². The minimum Gasteiger partial charge on any atom is -0.496 e. The van der Waals surface area contributed by atoms with Crippen LogP contribution in [0.4, 0.5) is 4.39 Å². The number of carbonyl (C=O) groups excluding carboxylic acids is 1. The van der Waals surface area contributed by atoms with Crippen LogP contribution < -0.4 is 10.1 Å². The summed E-state index contributed by atoms with van der Waals surface area (Å²) >= 11 is 5.66. The van der Waals surface area contributed by atoms with Crippen LogP contribution in [0.1, 0.15) is 30.6 Å². The van der Waals surface area contributed by atoms with E-state index in [4.69, 9.17) is 16.3 Å². The van der Waals surface area contributed by atoms with Crippen molar-refractivity contribution in [1.29, 1.82) is 0 Å². The molecule has 3 nitrogen and oxygen atoms in total. The van der Waals surface area contributed by atoms with Crippen molar-refractivity contribution in [3.63, 3.8) is 0 Å². The van der Waals surface area contributed by atoms with E-state index in [-0.39, 0.29) is 11.3 Å². The van der Waals surface area contributed by atoms with Gasteiger partial charge in [-0.25, -0.2) is 4.39 Å². The molecule has 100 valence electrons. The molecule has 0 aliphatic heterocycles. The van der Waals surface area contributed by atoms with Crippen molar-refractivity contribution in [2.24, 2.45) is 0 Å². The van der Waals surface area contributed by atoms with E-state index in [1.54, 1.807) is 6.07 Å². The van der Waals surface area contributed by atoms with E-state index in [1.807, 2.05) is 13.8 Å². The van der Waals surface area contributed by atoms with E-state index in [1.165, 1.54) is 19.2 Å². The predicted octanol–water partition coefficient (Wildman–Crippen LogP) is 2.97. The third-order valence-electron chi connectivity index (χ3n) is 2.59. The molecule has 1 rings (SSSR count). The van der Waals surface area contributed by atoms with Crippen LogP contribution in [-0.4, -0.2) is 24.4 Å². The van der Waals surface area contributed by atoms with Gasteiger partial charge in [0.1, 0.15) is 17.1 Å². The quantitative estimate of drug-likeness (QED) is 0.838. The van der Waals surface area contributed by atoms with E-state index in [0.29, 0.717) is 12.3 Å². The Morgan fingerprint density at radius 3 is 2.72 bits per heavy atom. The summed E-state index contributed by atoms with van der Waals surface area (Å²) in [7, 11) is 1.40. The van der Waals surface area contributed by atoms with Crippen molar-refractivity contribution in [2.75, 3.05) is 13.0 Å². The van der Waals surface area contributed by atoms with Crippen molar-refractivity contribution in [2.45, 2.75) is 25.8 Å². The Hall–Kier alpha value is -1.29. The molecule has 0 atom stereocenters. The Bertz CT molecular complexity index is 435. The average Bonchev–Trinajstić information content (AvgIpc) is 2.27. The zero-order chi connectivity index (χ0) is 13.8. The first-order valence-corrected chi connectivity index (χ1v) is 6.15. The van der Waals surface area contributed by atoms with Gasteiger partial charge in [0.2, 0.25) is 0 Å². The van der Waals surface area contributed by atoms with Crippen LogP contribution in [0.2, 0.25) is 0 Å². The molecule has 0 unspecified atom stereocenters. The zero-order valence-electron chi connectivity index (χ0n) is 10.7. The predicted molar refractivity (Wildman–Crippen MR) is 69.8 cm³/mol. The lowest BCUT2D eigenvalue weighted by molar-refractivity contribution is 0.0904. The number of nitrogens with one attached hydrogen (secondary N) is 1. The molecule has 1 amide bonds. The summed E-state index contributed by atoms with van der Waals surface area (Å²) in [6, 6.07) is 4.27. The van der Waals surface area contributed by atoms with E-state index < -0.39 is 17.3 Å². The molecule has 5 heteroatoms. The summed E-state index contributed by atoms with van der Waals surface area (Å²) in [4.78, 5) is 12.1. The number of benzene rings is 1. The summed E-state index contributed by atoms with van der Waals surface area (Å²) in [6.45, 7) is 3.67. The summed E-state index contributed by atoms with van der Waals surface area (Å²) in [5, 5.41) is 2.75. The number of ether oxygens (including phenoxy) is 1. The standard InChI is InChI=1S/C13H17ClFNO2/c1-13(2,7-8-14)16-12(17)11-9(15)5-4-6-10(11)18-3/h4-6H,7-8H2,1-3H3,(H,16,17). The smallest absolute Gasteiger partial charge is 0.258 e. The lowest BCUT2D eigenvalue weighted by atomic mass is 10.0. The van der Waals surface area contributed by atoms with E-state index in [2.05, 4.69) is 5.32 Å². The minimum absolute atomic E-state index is 0.0809. The first kappa shape index (κ1) is 14.8. The monoisotopic (exact) mass is 273 g/mol. The molecule has 0 spiro atoms. The highest BCUT2D eigenvalue weighted by Crippen LogP contribution is 2.22. The molecule has 0 saturated carbocycles. The third-order valence-corrected chi connectivity index (χ3v) is 2.78. The molecule has 0 aromatic heterocycles. The van der Waals surface area contributed by atoms with Gasteiger partial charge in [-0.05, 0) is 32.4 Å². The van der Waals surface area contributed by atoms with E-state index >= 15 is 0 Å². The van der Waals surface area contributed by atoms with Crippen LogP contribution in [0.25, 0.3) is 0 Å². The van der Waals surface area contributed by atoms with Gasteiger partial charge in [-0.15, -0.1) is 11.6 Å². The molecule has 1 aromatic rings. The van der Waals surface area contributed by atoms with Crippen LogP contribution in [0.3, 0.4) is 0 Å². The fourth-order valence-electron chi connectivity index (χ4n) is 1.56. The molecule has 0 aliphatic carbocycles. The van der Waals surface area contributed by atoms with Crippen molar-refractivity contribution >= 4 is 17.5 Å². The second-order valence-electron chi connectivity index (χ2n) is 4.59. The molecule has 0 fully saturated rings. The van der Waals surface area contributed by atoms with Gasteiger partial charge in [-0.2, -0.15) is 0 Å². The number of amides is 1. The highest BCUT2D eigenvalue weighted by Gasteiger charge is 2.24. The molecular weight excluding hydrogens is 257 g/mol. The largest absolute Gasteiger partial charge is 0.496 e. The lowest BCUT2D eigenvalue weighted by Gasteiger charge is -2.25. The fraction of sp³-hybridized carbons (Fsp3) is 0.462. The molecule has 0 bridgehead atoms. The Morgan fingerprint density at radius 1 is 1.50 bits per heavy atom. The number of halogens is 2. The van der Waals surface area contributed by atoms with Gasteiger partial charge in [0.15, 0.2) is 0 Å². The van der Waals surface area contributed by atoms with Crippen LogP contribution >= 0.6 is 11.6 Å². The number of hydrogen-bond donors (Lipinski definition) is 1. The Morgan fingerprint density at radius 2 is 2.17 bits per heavy atom. The fourth-order valence-corrected chi connectivity index (χ4v) is 2.04. The lowest BCUT2D eigenvalue weighted by Crippen LogP contribution is -2.44. The van der Waals surface area contributed by atoms with Crippen LogP contribution in [0.5, 0.6) is 5.75 Å². The van der Waals surface area contributed by atoms with Crippen molar-refractivity contribution in [3.05, 3.63) is 29.6 Å². The molecule has 0 saturated heterocycles. The van der Waals surface area contributed by atoms with Gasteiger partial charge in [0.25, 0.3) is 5.91 Å². The van der Waals surface area contributed by atoms with E-state index in [0.717, 1.165) is 0 Å². The van der Waals surface area contributed by atoms with Gasteiger partial charge in [-0.1, -0.05) is 6.07 Å². The highest BCUT2D eigenvalue weighted by atomic mass is 35.5. The van der Waals surface area contributed by atoms with Crippen LogP contribution in [0.15, 0.2) is 18.2 Å². The van der Waals surface area contributed by atoms with Crippen LogP contribution in [0, 0.1) is 5.82 Å². The SMILES string of the molecule is COc1cccc(F)c1C(=O)NC(C)(C)CCCl. The van der Waals surface area contributed by atoms with Crippen molar-refractivity contribution in [1.82, 2.24) is 5.32 Å². The molecule has 1 N–H and O–H groups in total. The minimum atomic E-state index is -0.603. The zero-order valence-corrected chi connectivity index (χ0v) is 11.5. The molecule has 1 aromatic carbocycles.